The molecule has 0 bridgehead atoms. The number of carboxylic acids is 1. The summed E-state index contributed by atoms with van der Waals surface area (Å²) >= 11 is 0. The molecule has 3 rings (SSSR count). The highest BCUT2D eigenvalue weighted by molar-refractivity contribution is 6.02. The molecule has 4 heteroatoms. The van der Waals surface area contributed by atoms with Crippen LogP contribution in [0.2, 0.25) is 0 Å². The molecule has 0 aromatic heterocycles. The summed E-state index contributed by atoms with van der Waals surface area (Å²) < 4.78 is 0. The zero-order valence-electron chi connectivity index (χ0n) is 10.1. The molecule has 4 nitrogen and oxygen atoms in total. The maximum absolute atomic E-state index is 11.9. The van der Waals surface area contributed by atoms with Crippen LogP contribution in [-0.4, -0.2) is 23.5 Å². The Kier molecular flexibility index (Phi) is 2.58. The van der Waals surface area contributed by atoms with Gasteiger partial charge < -0.3 is 10.0 Å². The number of aryl methyl sites for hydroxylation is 2. The van der Waals surface area contributed by atoms with Gasteiger partial charge in [-0.3, -0.25) is 9.59 Å². The quantitative estimate of drug-likeness (QED) is 0.878. The molecule has 0 unspecified atom stereocenters. The normalized spacial score (nSPS) is 16.9. The Morgan fingerprint density at radius 2 is 2.11 bits per heavy atom. The minimum absolute atomic E-state index is 0.149. The highest BCUT2D eigenvalue weighted by Crippen LogP contribution is 2.37. The molecule has 18 heavy (non-hydrogen) atoms. The lowest BCUT2D eigenvalue weighted by atomic mass is 9.95. The van der Waals surface area contributed by atoms with Gasteiger partial charge in [0, 0.05) is 13.0 Å². The molecule has 0 saturated carbocycles. The topological polar surface area (TPSA) is 57.6 Å². The van der Waals surface area contributed by atoms with Crippen LogP contribution in [0.25, 0.3) is 0 Å². The molecular formula is C14H15NO3. The lowest BCUT2D eigenvalue weighted by molar-refractivity contribution is -0.137. The summed E-state index contributed by atoms with van der Waals surface area (Å²) in [6, 6.07) is 4.08. The lowest BCUT2D eigenvalue weighted by Gasteiger charge is -2.26. The molecular weight excluding hydrogens is 230 g/mol. The summed E-state index contributed by atoms with van der Waals surface area (Å²) in [6.45, 7) is 0.827. The monoisotopic (exact) mass is 245 g/mol. The van der Waals surface area contributed by atoms with Crippen LogP contribution in [0.15, 0.2) is 12.1 Å². The number of carboxylic acid groups (broad SMARTS) is 1. The highest BCUT2D eigenvalue weighted by atomic mass is 16.4. The molecule has 0 radical (unpaired) electrons. The summed E-state index contributed by atoms with van der Waals surface area (Å²) in [7, 11) is 0. The Hall–Kier alpha value is -1.84. The van der Waals surface area contributed by atoms with Crippen molar-refractivity contribution in [1.82, 2.24) is 0 Å². The number of carbonyl (C=O) groups is 2. The van der Waals surface area contributed by atoms with E-state index in [9.17, 15) is 9.59 Å². The fraction of sp³-hybridized carbons (Fsp3) is 0.429. The molecule has 2 aliphatic heterocycles. The lowest BCUT2D eigenvalue weighted by Crippen LogP contribution is -2.31. The molecule has 2 heterocycles. The number of hydrogen-bond donors (Lipinski definition) is 1. The van der Waals surface area contributed by atoms with Crippen LogP contribution in [0.1, 0.15) is 29.5 Å². The van der Waals surface area contributed by atoms with Gasteiger partial charge in [0.2, 0.25) is 5.91 Å². The zero-order chi connectivity index (χ0) is 12.7. The maximum atomic E-state index is 11.9. The third kappa shape index (κ3) is 1.78. The molecule has 0 aliphatic carbocycles. The van der Waals surface area contributed by atoms with Crippen molar-refractivity contribution in [3.63, 3.8) is 0 Å². The van der Waals surface area contributed by atoms with Crippen LogP contribution in [0.4, 0.5) is 5.69 Å². The smallest absolute Gasteiger partial charge is 0.303 e. The second-order valence-corrected chi connectivity index (χ2v) is 4.98. The minimum Gasteiger partial charge on any atom is -0.481 e. The van der Waals surface area contributed by atoms with Crippen molar-refractivity contribution < 1.29 is 14.7 Å². The van der Waals surface area contributed by atoms with E-state index in [2.05, 4.69) is 6.07 Å². The first-order valence-corrected chi connectivity index (χ1v) is 6.32. The van der Waals surface area contributed by atoms with E-state index in [1.54, 1.807) is 0 Å². The molecule has 1 amide bonds. The number of aliphatic carboxylic acids is 1. The SMILES string of the molecule is O=C(O)CCc1cc2c3c(c1)CC(=O)N3CCC2. The second kappa shape index (κ2) is 4.12. The van der Waals surface area contributed by atoms with Crippen molar-refractivity contribution in [3.05, 3.63) is 28.8 Å². The van der Waals surface area contributed by atoms with Crippen LogP contribution in [0.5, 0.6) is 0 Å². The van der Waals surface area contributed by atoms with E-state index in [-0.39, 0.29) is 12.3 Å². The predicted octanol–water partition coefficient (Wildman–Crippen LogP) is 1.54. The minimum atomic E-state index is -0.776. The Balaban J connectivity index is 1.96. The first-order chi connectivity index (χ1) is 8.65. The third-order valence-electron chi connectivity index (χ3n) is 3.70. The summed E-state index contributed by atoms with van der Waals surface area (Å²) in [6.07, 6.45) is 3.16. The molecule has 2 aliphatic rings. The highest BCUT2D eigenvalue weighted by Gasteiger charge is 2.32. The summed E-state index contributed by atoms with van der Waals surface area (Å²) in [5.74, 6) is -0.594. The molecule has 94 valence electrons. The second-order valence-electron chi connectivity index (χ2n) is 4.98. The molecule has 0 atom stereocenters. The average molecular weight is 245 g/mol. The number of carbonyl (C=O) groups excluding carboxylic acids is 1. The van der Waals surface area contributed by atoms with E-state index in [1.165, 1.54) is 5.56 Å². The summed E-state index contributed by atoms with van der Waals surface area (Å²) in [5, 5.41) is 8.73. The van der Waals surface area contributed by atoms with Crippen molar-refractivity contribution >= 4 is 17.6 Å². The first kappa shape index (κ1) is 11.3. The van der Waals surface area contributed by atoms with Gasteiger partial charge in [0.1, 0.15) is 0 Å². The van der Waals surface area contributed by atoms with Gasteiger partial charge in [0.15, 0.2) is 0 Å². The van der Waals surface area contributed by atoms with Crippen molar-refractivity contribution in [2.45, 2.75) is 32.1 Å². The van der Waals surface area contributed by atoms with E-state index in [0.29, 0.717) is 12.8 Å². The zero-order valence-corrected chi connectivity index (χ0v) is 10.1. The molecule has 1 aromatic carbocycles. The van der Waals surface area contributed by atoms with Gasteiger partial charge in [-0.05, 0) is 36.0 Å². The Morgan fingerprint density at radius 1 is 1.33 bits per heavy atom. The average Bonchev–Trinajstić information content (AvgIpc) is 2.66. The van der Waals surface area contributed by atoms with Crippen molar-refractivity contribution in [2.75, 3.05) is 11.4 Å². The van der Waals surface area contributed by atoms with Gasteiger partial charge in [-0.2, -0.15) is 0 Å². The molecule has 0 saturated heterocycles. The summed E-state index contributed by atoms with van der Waals surface area (Å²) in [5.41, 5.74) is 4.44. The van der Waals surface area contributed by atoms with E-state index in [0.717, 1.165) is 36.2 Å². The van der Waals surface area contributed by atoms with Gasteiger partial charge in [-0.25, -0.2) is 0 Å². The van der Waals surface area contributed by atoms with E-state index in [1.807, 2.05) is 11.0 Å². The van der Waals surface area contributed by atoms with E-state index < -0.39 is 5.97 Å². The molecule has 0 fully saturated rings. The molecule has 0 spiro atoms. The van der Waals surface area contributed by atoms with Crippen LogP contribution in [0.3, 0.4) is 0 Å². The first-order valence-electron chi connectivity index (χ1n) is 6.32. The largest absolute Gasteiger partial charge is 0.481 e. The van der Waals surface area contributed by atoms with Gasteiger partial charge in [0.05, 0.1) is 12.1 Å². The fourth-order valence-electron chi connectivity index (χ4n) is 2.95. The van der Waals surface area contributed by atoms with Crippen LogP contribution < -0.4 is 4.90 Å². The van der Waals surface area contributed by atoms with Gasteiger partial charge >= 0.3 is 5.97 Å². The number of amides is 1. The Morgan fingerprint density at radius 3 is 2.89 bits per heavy atom. The third-order valence-corrected chi connectivity index (χ3v) is 3.70. The van der Waals surface area contributed by atoms with Crippen molar-refractivity contribution in [2.24, 2.45) is 0 Å². The number of nitrogens with zero attached hydrogens (tertiary/aromatic N) is 1. The number of benzene rings is 1. The van der Waals surface area contributed by atoms with Crippen molar-refractivity contribution in [1.29, 1.82) is 0 Å². The van der Waals surface area contributed by atoms with Gasteiger partial charge in [0.25, 0.3) is 0 Å². The number of rotatable bonds is 3. The maximum Gasteiger partial charge on any atom is 0.303 e. The standard InChI is InChI=1S/C14H15NO3/c16-12-8-11-7-9(3-4-13(17)18)6-10-2-1-5-15(12)14(10)11/h6-7H,1-5,8H2,(H,17,18). The summed E-state index contributed by atoms with van der Waals surface area (Å²) in [4.78, 5) is 24.4. The van der Waals surface area contributed by atoms with Gasteiger partial charge in [-0.15, -0.1) is 0 Å². The number of hydrogen-bond acceptors (Lipinski definition) is 2. The fourth-order valence-corrected chi connectivity index (χ4v) is 2.95. The Bertz CT molecular complexity index is 536. The van der Waals surface area contributed by atoms with E-state index >= 15 is 0 Å². The van der Waals surface area contributed by atoms with Crippen LogP contribution >= 0.6 is 0 Å². The molecule has 1 N–H and O–H groups in total. The predicted molar refractivity (Wildman–Crippen MR) is 66.8 cm³/mol. The Labute approximate surface area is 105 Å². The van der Waals surface area contributed by atoms with Crippen LogP contribution in [0, 0.1) is 0 Å². The van der Waals surface area contributed by atoms with Crippen LogP contribution in [-0.2, 0) is 28.9 Å². The van der Waals surface area contributed by atoms with E-state index in [4.69, 9.17) is 5.11 Å². The molecule has 1 aromatic rings. The number of anilines is 1. The van der Waals surface area contributed by atoms with Crippen molar-refractivity contribution in [3.8, 4) is 0 Å². The van der Waals surface area contributed by atoms with Gasteiger partial charge in [-0.1, -0.05) is 12.1 Å².